The number of alkyl carbamates (subject to hydrolysis) is 5. The van der Waals surface area contributed by atoms with Crippen LogP contribution in [-0.2, 0) is 56.9 Å². The molecule has 0 radical (unpaired) electrons. The quantitative estimate of drug-likeness (QED) is 0.0608. The first-order valence-corrected chi connectivity index (χ1v) is 30.4. The van der Waals surface area contributed by atoms with E-state index in [-0.39, 0.29) is 35.6 Å². The Morgan fingerprint density at radius 3 is 1.32 bits per heavy atom. The van der Waals surface area contributed by atoms with Crippen LogP contribution < -0.4 is 26.6 Å². The molecule has 1 aliphatic carbocycles. The number of aliphatic hydroxyl groups is 4. The van der Waals surface area contributed by atoms with E-state index in [0.29, 0.717) is 11.1 Å². The van der Waals surface area contributed by atoms with E-state index >= 15 is 0 Å². The fourth-order valence-corrected chi connectivity index (χ4v) is 11.1. The standard InChI is InChI=1S/C58H99N5O21S/c1-28(2)31-22-32(29(3)4)46(33(23-31)30(5)6)85(73,74)75-27-39-41(65)40(63-53(72)84-58(19,20)21)42(66)48(77-39)79-45-35(61-51(70)82-56(13,14)15)24-34(60-50(69)81-55(10,11)12)44(43(45)67)78-47-36(62-52(71)83-57(16,17)18)25-37(64)38(76-47)26-59-49(68)80-54(7,8)9/h22-23,28-30,34-45,47-48,64-67H,24-27H2,1-21H3,(H,59,68)(H,60,69)(H,61,70)(H,62,71)(H,63,72). The second-order valence-electron chi connectivity index (χ2n) is 27.8. The van der Waals surface area contributed by atoms with Crippen molar-refractivity contribution in [3.63, 3.8) is 0 Å². The summed E-state index contributed by atoms with van der Waals surface area (Å²) in [7, 11) is -4.70. The number of benzene rings is 1. The highest BCUT2D eigenvalue weighted by molar-refractivity contribution is 7.86. The van der Waals surface area contributed by atoms with Gasteiger partial charge in [-0.1, -0.05) is 53.7 Å². The summed E-state index contributed by atoms with van der Waals surface area (Å²) in [6, 6.07) is -2.24. The minimum Gasteiger partial charge on any atom is -0.444 e. The molecule has 14 unspecified atom stereocenters. The summed E-state index contributed by atoms with van der Waals surface area (Å²) in [5.41, 5.74) is -3.26. The maximum absolute atomic E-state index is 14.6. The van der Waals surface area contributed by atoms with Crippen molar-refractivity contribution in [1.29, 1.82) is 0 Å². The lowest BCUT2D eigenvalue weighted by molar-refractivity contribution is -0.317. The molecular formula is C58H99N5O21S. The maximum Gasteiger partial charge on any atom is 0.408 e. The van der Waals surface area contributed by atoms with Crippen LogP contribution in [0.3, 0.4) is 0 Å². The van der Waals surface area contributed by atoms with Crippen LogP contribution in [0, 0.1) is 0 Å². The average Bonchev–Trinajstić information content (AvgIpc) is 2.13. The Kier molecular flexibility index (Phi) is 24.4. The average molecular weight is 1230 g/mol. The molecule has 2 aliphatic heterocycles. The van der Waals surface area contributed by atoms with Crippen LogP contribution >= 0.6 is 0 Å². The van der Waals surface area contributed by atoms with Crippen LogP contribution in [0.2, 0.25) is 0 Å². The molecule has 85 heavy (non-hydrogen) atoms. The lowest BCUT2D eigenvalue weighted by Gasteiger charge is -2.49. The summed E-state index contributed by atoms with van der Waals surface area (Å²) in [6.07, 6.45) is -23.4. The minimum absolute atomic E-state index is 0.0478. The number of carbonyl (C=O) groups is 5. The van der Waals surface area contributed by atoms with E-state index in [1.165, 1.54) is 0 Å². The Morgan fingerprint density at radius 1 is 0.518 bits per heavy atom. The molecule has 2 heterocycles. The molecule has 0 spiro atoms. The second kappa shape index (κ2) is 28.5. The van der Waals surface area contributed by atoms with Gasteiger partial charge in [0.05, 0.1) is 36.9 Å². The van der Waals surface area contributed by atoms with Crippen LogP contribution in [0.5, 0.6) is 0 Å². The zero-order valence-electron chi connectivity index (χ0n) is 53.4. The summed E-state index contributed by atoms with van der Waals surface area (Å²) < 4.78 is 88.4. The fourth-order valence-electron chi connectivity index (χ4n) is 9.54. The molecule has 3 fully saturated rings. The lowest BCUT2D eigenvalue weighted by Crippen LogP contribution is -2.70. The number of nitrogens with one attached hydrogen (secondary N) is 5. The first-order chi connectivity index (χ1) is 38.6. The summed E-state index contributed by atoms with van der Waals surface area (Å²) in [6.45, 7) is 34.2. The number of hydrogen-bond acceptors (Lipinski definition) is 21. The van der Waals surface area contributed by atoms with E-state index in [4.69, 9.17) is 46.8 Å². The Morgan fingerprint density at radius 2 is 0.906 bits per heavy atom. The van der Waals surface area contributed by atoms with Crippen molar-refractivity contribution in [2.75, 3.05) is 13.2 Å². The van der Waals surface area contributed by atoms with Crippen molar-refractivity contribution in [3.8, 4) is 0 Å². The Labute approximate surface area is 501 Å². The number of rotatable bonds is 17. The van der Waals surface area contributed by atoms with Crippen molar-refractivity contribution in [1.82, 2.24) is 26.6 Å². The lowest BCUT2D eigenvalue weighted by atomic mass is 9.83. The van der Waals surface area contributed by atoms with Gasteiger partial charge in [-0.25, -0.2) is 24.0 Å². The van der Waals surface area contributed by atoms with Gasteiger partial charge in [0, 0.05) is 13.0 Å². The third kappa shape index (κ3) is 22.4. The molecule has 1 saturated carbocycles. The van der Waals surface area contributed by atoms with Gasteiger partial charge >= 0.3 is 30.5 Å². The minimum atomic E-state index is -4.70. The molecule has 9 N–H and O–H groups in total. The molecule has 1 aromatic rings. The summed E-state index contributed by atoms with van der Waals surface area (Å²) in [5, 5.41) is 61.6. The SMILES string of the molecule is CC(C)c1cc(C(C)C)c(S(=O)(=O)OCC2OC(OC3C(NC(=O)OC(C)(C)C)CC(NC(=O)OC(C)(C)C)C(OC4OC(CNC(=O)OC(C)(C)C)C(O)CC4NC(=O)OC(C)(C)C)C3O)C(O)C(NC(=O)OC(C)(C)C)C2O)c(C(C)C)c1. The highest BCUT2D eigenvalue weighted by atomic mass is 32.2. The molecule has 0 bridgehead atoms. The first kappa shape index (κ1) is 72.6. The van der Waals surface area contributed by atoms with Crippen LogP contribution in [0.1, 0.15) is 193 Å². The topological polar surface area (TPSA) is 353 Å². The molecule has 5 amide bonds. The van der Waals surface area contributed by atoms with Gasteiger partial charge in [-0.05, 0) is 145 Å². The van der Waals surface area contributed by atoms with Gasteiger partial charge in [-0.15, -0.1) is 0 Å². The van der Waals surface area contributed by atoms with Gasteiger partial charge in [0.25, 0.3) is 10.1 Å². The van der Waals surface area contributed by atoms with Crippen molar-refractivity contribution in [3.05, 3.63) is 28.8 Å². The summed E-state index contributed by atoms with van der Waals surface area (Å²) in [4.78, 5) is 67.3. The van der Waals surface area contributed by atoms with Crippen LogP contribution in [0.4, 0.5) is 24.0 Å². The third-order valence-electron chi connectivity index (χ3n) is 13.2. The zero-order valence-corrected chi connectivity index (χ0v) is 54.3. The predicted octanol–water partition coefficient (Wildman–Crippen LogP) is 6.32. The van der Waals surface area contributed by atoms with Gasteiger partial charge in [-0.2, -0.15) is 8.42 Å². The van der Waals surface area contributed by atoms with Crippen molar-refractivity contribution in [2.45, 2.75) is 294 Å². The Balaban J connectivity index is 1.89. The van der Waals surface area contributed by atoms with Crippen molar-refractivity contribution < 1.29 is 99.6 Å². The molecule has 1 aromatic carbocycles. The molecule has 488 valence electrons. The van der Waals surface area contributed by atoms with Gasteiger partial charge < -0.3 is 89.6 Å². The number of hydrogen-bond donors (Lipinski definition) is 9. The van der Waals surface area contributed by atoms with Gasteiger partial charge in [0.1, 0.15) is 75.6 Å². The smallest absolute Gasteiger partial charge is 0.408 e. The van der Waals surface area contributed by atoms with Crippen molar-refractivity contribution in [2.24, 2.45) is 0 Å². The van der Waals surface area contributed by atoms with E-state index in [1.54, 1.807) is 104 Å². The molecule has 3 aliphatic rings. The Bertz CT molecular complexity index is 2520. The first-order valence-electron chi connectivity index (χ1n) is 29.0. The normalized spacial score (nSPS) is 28.0. The van der Waals surface area contributed by atoms with Crippen LogP contribution in [0.15, 0.2) is 17.0 Å². The van der Waals surface area contributed by atoms with Gasteiger partial charge in [-0.3, -0.25) is 4.18 Å². The highest BCUT2D eigenvalue weighted by Crippen LogP contribution is 2.38. The number of ether oxygens (including phenoxy) is 9. The maximum atomic E-state index is 14.6. The second-order valence-corrected chi connectivity index (χ2v) is 29.4. The van der Waals surface area contributed by atoms with Crippen LogP contribution in [0.25, 0.3) is 0 Å². The largest absolute Gasteiger partial charge is 0.444 e. The van der Waals surface area contributed by atoms with E-state index in [9.17, 15) is 52.8 Å². The third-order valence-corrected chi connectivity index (χ3v) is 14.6. The van der Waals surface area contributed by atoms with Gasteiger partial charge in [0.15, 0.2) is 12.6 Å². The summed E-state index contributed by atoms with van der Waals surface area (Å²) in [5.74, 6) is -0.539. The van der Waals surface area contributed by atoms with E-state index < -0.39 is 167 Å². The molecule has 4 rings (SSSR count). The number of carbonyl (C=O) groups excluding carboxylic acids is 5. The predicted molar refractivity (Wildman–Crippen MR) is 309 cm³/mol. The number of amides is 5. The molecule has 2 saturated heterocycles. The van der Waals surface area contributed by atoms with Crippen LogP contribution in [-0.4, -0.2) is 186 Å². The van der Waals surface area contributed by atoms with E-state index in [1.807, 2.05) is 53.7 Å². The molecule has 26 nitrogen and oxygen atoms in total. The Hall–Kier alpha value is -4.84. The highest BCUT2D eigenvalue weighted by Gasteiger charge is 2.55. The van der Waals surface area contributed by atoms with E-state index in [0.717, 1.165) is 5.56 Å². The zero-order chi connectivity index (χ0) is 64.9. The van der Waals surface area contributed by atoms with Crippen molar-refractivity contribution >= 4 is 40.6 Å². The monoisotopic (exact) mass is 1230 g/mol. The summed E-state index contributed by atoms with van der Waals surface area (Å²) >= 11 is 0. The van der Waals surface area contributed by atoms with E-state index in [2.05, 4.69) is 26.6 Å². The number of aliphatic hydroxyl groups excluding tert-OH is 4. The molecule has 27 heteroatoms. The molecule has 0 aromatic heterocycles. The van der Waals surface area contributed by atoms with Gasteiger partial charge in [0.2, 0.25) is 0 Å². The fraction of sp³-hybridized carbons (Fsp3) is 0.810. The molecule has 14 atom stereocenters. The molecular weight excluding hydrogens is 1130 g/mol.